The third-order valence-corrected chi connectivity index (χ3v) is 6.60. The minimum absolute atomic E-state index is 0.0000216. The molecule has 5 rings (SSSR count). The van der Waals surface area contributed by atoms with Gasteiger partial charge in [0.2, 0.25) is 0 Å². The Bertz CT molecular complexity index is 1340. The SMILES string of the molecule is COc1ccc(OCC(=O)N2CCN(c3cccc4c3C(=O)N(Cc3cccc(F)c3)C4=O)CC2)cc1. The van der Waals surface area contributed by atoms with Gasteiger partial charge in [-0.25, -0.2) is 4.39 Å². The van der Waals surface area contributed by atoms with Gasteiger partial charge in [0.25, 0.3) is 17.7 Å². The highest BCUT2D eigenvalue weighted by atomic mass is 19.1. The van der Waals surface area contributed by atoms with Gasteiger partial charge < -0.3 is 19.3 Å². The fraction of sp³-hybridized carbons (Fsp3) is 0.250. The Kier molecular flexibility index (Phi) is 6.76. The van der Waals surface area contributed by atoms with E-state index in [9.17, 15) is 18.8 Å². The first-order valence-electron chi connectivity index (χ1n) is 12.0. The predicted octanol–water partition coefficient (Wildman–Crippen LogP) is 3.36. The van der Waals surface area contributed by atoms with Crippen molar-refractivity contribution in [3.8, 4) is 11.5 Å². The molecule has 0 N–H and O–H groups in total. The predicted molar refractivity (Wildman–Crippen MR) is 134 cm³/mol. The van der Waals surface area contributed by atoms with Crippen LogP contribution in [0.1, 0.15) is 26.3 Å². The number of carbonyl (C=O) groups is 3. The third kappa shape index (κ3) is 4.97. The number of anilines is 1. The molecule has 3 aromatic carbocycles. The normalized spacial score (nSPS) is 15.1. The molecule has 0 atom stereocenters. The average molecular weight is 504 g/mol. The van der Waals surface area contributed by atoms with Crippen molar-refractivity contribution in [2.75, 3.05) is 44.8 Å². The second-order valence-corrected chi connectivity index (χ2v) is 8.86. The molecule has 0 aliphatic carbocycles. The fourth-order valence-electron chi connectivity index (χ4n) is 4.65. The Morgan fingerprint density at radius 1 is 0.892 bits per heavy atom. The minimum Gasteiger partial charge on any atom is -0.497 e. The van der Waals surface area contributed by atoms with Gasteiger partial charge in [-0.3, -0.25) is 19.3 Å². The van der Waals surface area contributed by atoms with Crippen LogP contribution in [0.2, 0.25) is 0 Å². The summed E-state index contributed by atoms with van der Waals surface area (Å²) in [5, 5.41) is 0. The molecule has 190 valence electrons. The number of hydrogen-bond donors (Lipinski definition) is 0. The zero-order valence-corrected chi connectivity index (χ0v) is 20.4. The summed E-state index contributed by atoms with van der Waals surface area (Å²) in [7, 11) is 1.58. The Hall–Kier alpha value is -4.40. The van der Waals surface area contributed by atoms with Crippen LogP contribution in [0.5, 0.6) is 11.5 Å². The first-order chi connectivity index (χ1) is 17.9. The molecular weight excluding hydrogens is 477 g/mol. The number of benzene rings is 3. The summed E-state index contributed by atoms with van der Waals surface area (Å²) in [4.78, 5) is 43.9. The van der Waals surface area contributed by atoms with Crippen LogP contribution >= 0.6 is 0 Å². The summed E-state index contributed by atoms with van der Waals surface area (Å²) in [6, 6.07) is 18.1. The van der Waals surface area contributed by atoms with Crippen LogP contribution in [-0.2, 0) is 11.3 Å². The molecule has 9 heteroatoms. The lowest BCUT2D eigenvalue weighted by Crippen LogP contribution is -2.50. The molecule has 8 nitrogen and oxygen atoms in total. The summed E-state index contributed by atoms with van der Waals surface area (Å²) >= 11 is 0. The van der Waals surface area contributed by atoms with Gasteiger partial charge in [-0.05, 0) is 54.1 Å². The van der Waals surface area contributed by atoms with E-state index in [2.05, 4.69) is 0 Å². The monoisotopic (exact) mass is 503 g/mol. The van der Waals surface area contributed by atoms with Crippen molar-refractivity contribution in [3.63, 3.8) is 0 Å². The number of halogens is 1. The fourth-order valence-corrected chi connectivity index (χ4v) is 4.65. The third-order valence-electron chi connectivity index (χ3n) is 6.60. The van der Waals surface area contributed by atoms with Crippen molar-refractivity contribution in [1.82, 2.24) is 9.80 Å². The lowest BCUT2D eigenvalue weighted by molar-refractivity contribution is -0.133. The number of fused-ring (bicyclic) bond motifs is 1. The van der Waals surface area contributed by atoms with E-state index in [0.29, 0.717) is 60.1 Å². The zero-order valence-electron chi connectivity index (χ0n) is 20.4. The number of imide groups is 1. The average Bonchev–Trinajstić information content (AvgIpc) is 3.17. The van der Waals surface area contributed by atoms with Crippen molar-refractivity contribution in [3.05, 3.63) is 89.2 Å². The largest absolute Gasteiger partial charge is 0.497 e. The second kappa shape index (κ2) is 10.3. The molecule has 3 aromatic rings. The molecule has 0 bridgehead atoms. The van der Waals surface area contributed by atoms with Crippen molar-refractivity contribution in [2.45, 2.75) is 6.54 Å². The molecule has 2 heterocycles. The van der Waals surface area contributed by atoms with Gasteiger partial charge in [-0.1, -0.05) is 18.2 Å². The molecule has 1 fully saturated rings. The number of ether oxygens (including phenoxy) is 2. The molecular formula is C28H26FN3O5. The molecule has 0 aromatic heterocycles. The van der Waals surface area contributed by atoms with Gasteiger partial charge in [0.05, 0.1) is 30.5 Å². The first kappa shape index (κ1) is 24.3. The highest BCUT2D eigenvalue weighted by Gasteiger charge is 2.39. The molecule has 2 aliphatic rings. The standard InChI is InChI=1S/C28H26FN3O5/c1-36-21-8-10-22(11-9-21)37-18-25(33)31-14-12-30(13-15-31)24-7-3-6-23-26(24)28(35)32(27(23)34)17-19-4-2-5-20(29)16-19/h2-11,16H,12-15,17-18H2,1H3. The van der Waals surface area contributed by atoms with E-state index in [0.717, 1.165) is 4.90 Å². The van der Waals surface area contributed by atoms with Gasteiger partial charge >= 0.3 is 0 Å². The number of carbonyl (C=O) groups excluding carboxylic acids is 3. The van der Waals surface area contributed by atoms with E-state index in [4.69, 9.17) is 9.47 Å². The van der Waals surface area contributed by atoms with Gasteiger partial charge in [0, 0.05) is 26.2 Å². The van der Waals surface area contributed by atoms with Crippen LogP contribution in [0.25, 0.3) is 0 Å². The number of nitrogens with zero attached hydrogens (tertiary/aromatic N) is 3. The quantitative estimate of drug-likeness (QED) is 0.460. The van der Waals surface area contributed by atoms with E-state index in [-0.39, 0.29) is 19.1 Å². The lowest BCUT2D eigenvalue weighted by atomic mass is 10.1. The zero-order chi connectivity index (χ0) is 25.9. The van der Waals surface area contributed by atoms with Crippen LogP contribution in [0.15, 0.2) is 66.7 Å². The first-order valence-corrected chi connectivity index (χ1v) is 12.0. The summed E-state index contributed by atoms with van der Waals surface area (Å²) in [6.07, 6.45) is 0. The second-order valence-electron chi connectivity index (χ2n) is 8.86. The van der Waals surface area contributed by atoms with E-state index in [1.165, 1.54) is 12.1 Å². The maximum Gasteiger partial charge on any atom is 0.263 e. The summed E-state index contributed by atoms with van der Waals surface area (Å²) in [5.41, 5.74) is 1.90. The van der Waals surface area contributed by atoms with Gasteiger partial charge in [-0.15, -0.1) is 0 Å². The number of methoxy groups -OCH3 is 1. The van der Waals surface area contributed by atoms with Crippen LogP contribution < -0.4 is 14.4 Å². The Morgan fingerprint density at radius 3 is 2.30 bits per heavy atom. The Morgan fingerprint density at radius 2 is 1.59 bits per heavy atom. The molecule has 0 spiro atoms. The number of rotatable bonds is 7. The van der Waals surface area contributed by atoms with Crippen LogP contribution in [0.4, 0.5) is 10.1 Å². The maximum absolute atomic E-state index is 13.6. The van der Waals surface area contributed by atoms with Crippen LogP contribution in [0, 0.1) is 5.82 Å². The van der Waals surface area contributed by atoms with Gasteiger partial charge in [-0.2, -0.15) is 0 Å². The maximum atomic E-state index is 13.6. The van der Waals surface area contributed by atoms with Crippen LogP contribution in [0.3, 0.4) is 0 Å². The summed E-state index contributed by atoms with van der Waals surface area (Å²) < 4.78 is 24.4. The topological polar surface area (TPSA) is 79.4 Å². The smallest absolute Gasteiger partial charge is 0.263 e. The molecule has 37 heavy (non-hydrogen) atoms. The van der Waals surface area contributed by atoms with E-state index in [1.54, 1.807) is 60.5 Å². The van der Waals surface area contributed by atoms with Crippen molar-refractivity contribution < 1.29 is 28.2 Å². The number of piperazine rings is 1. The summed E-state index contributed by atoms with van der Waals surface area (Å²) in [5.74, 6) is -0.0437. The molecule has 2 aliphatic heterocycles. The summed E-state index contributed by atoms with van der Waals surface area (Å²) in [6.45, 7) is 1.87. The van der Waals surface area contributed by atoms with Gasteiger partial charge in [0.15, 0.2) is 6.61 Å². The highest BCUT2D eigenvalue weighted by Crippen LogP contribution is 2.33. The molecule has 0 radical (unpaired) electrons. The Balaban J connectivity index is 1.22. The molecule has 1 saturated heterocycles. The van der Waals surface area contributed by atoms with Crippen molar-refractivity contribution in [1.29, 1.82) is 0 Å². The number of amides is 3. The lowest BCUT2D eigenvalue weighted by Gasteiger charge is -2.36. The minimum atomic E-state index is -0.420. The van der Waals surface area contributed by atoms with E-state index >= 15 is 0 Å². The van der Waals surface area contributed by atoms with E-state index < -0.39 is 17.6 Å². The molecule has 0 saturated carbocycles. The number of hydrogen-bond acceptors (Lipinski definition) is 6. The van der Waals surface area contributed by atoms with Crippen molar-refractivity contribution >= 4 is 23.4 Å². The Labute approximate surface area is 213 Å². The van der Waals surface area contributed by atoms with Gasteiger partial charge in [0.1, 0.15) is 17.3 Å². The van der Waals surface area contributed by atoms with Crippen LogP contribution in [-0.4, -0.2) is 67.4 Å². The molecule has 0 unspecified atom stereocenters. The van der Waals surface area contributed by atoms with E-state index in [1.807, 2.05) is 11.0 Å². The van der Waals surface area contributed by atoms with Crippen molar-refractivity contribution in [2.24, 2.45) is 0 Å². The highest BCUT2D eigenvalue weighted by molar-refractivity contribution is 6.23. The molecule has 3 amide bonds.